The highest BCUT2D eigenvalue weighted by atomic mass is 32.2. The van der Waals surface area contributed by atoms with Gasteiger partial charge in [-0.1, -0.05) is 30.3 Å². The van der Waals surface area contributed by atoms with Crippen LogP contribution in [0.1, 0.15) is 12.0 Å². The summed E-state index contributed by atoms with van der Waals surface area (Å²) in [6, 6.07) is 16.4. The van der Waals surface area contributed by atoms with Crippen molar-refractivity contribution in [2.45, 2.75) is 6.42 Å². The summed E-state index contributed by atoms with van der Waals surface area (Å²) in [5.74, 6) is -0.273. The van der Waals surface area contributed by atoms with Gasteiger partial charge >= 0.3 is 0 Å². The highest BCUT2D eigenvalue weighted by molar-refractivity contribution is 7.92. The largest absolute Gasteiger partial charge is 0.326 e. The van der Waals surface area contributed by atoms with Gasteiger partial charge in [-0.3, -0.25) is 4.79 Å². The molecule has 0 aliphatic carbocycles. The number of carbonyl (C=O) groups is 1. The summed E-state index contributed by atoms with van der Waals surface area (Å²) in [6.45, 7) is 0.0143. The summed E-state index contributed by atoms with van der Waals surface area (Å²) in [6.07, 6.45) is 6.73. The fourth-order valence-electron chi connectivity index (χ4n) is 2.44. The summed E-state index contributed by atoms with van der Waals surface area (Å²) < 4.78 is 28.2. The van der Waals surface area contributed by atoms with Crippen molar-refractivity contribution in [2.24, 2.45) is 0 Å². The van der Waals surface area contributed by atoms with E-state index >= 15 is 0 Å². The van der Waals surface area contributed by atoms with Crippen LogP contribution < -0.4 is 10.0 Å². The van der Waals surface area contributed by atoms with Crippen molar-refractivity contribution in [3.8, 4) is 5.69 Å². The van der Waals surface area contributed by atoms with Gasteiger partial charge in [0.05, 0.1) is 6.33 Å². The molecule has 1 heterocycles. The van der Waals surface area contributed by atoms with Crippen LogP contribution in [0.15, 0.2) is 78.7 Å². The maximum absolute atomic E-state index is 12.0. The van der Waals surface area contributed by atoms with Crippen LogP contribution in [0.3, 0.4) is 0 Å². The topological polar surface area (TPSA) is 93.1 Å². The first kappa shape index (κ1) is 19.5. The summed E-state index contributed by atoms with van der Waals surface area (Å²) in [7, 11) is -3.60. The molecule has 0 radical (unpaired) electrons. The van der Waals surface area contributed by atoms with E-state index in [0.717, 1.165) is 16.7 Å². The molecule has 0 aliphatic rings. The van der Waals surface area contributed by atoms with Crippen LogP contribution in [0.4, 0.5) is 5.69 Å². The highest BCUT2D eigenvalue weighted by Crippen LogP contribution is 2.13. The lowest BCUT2D eigenvalue weighted by Gasteiger charge is -2.07. The Morgan fingerprint density at radius 1 is 1.07 bits per heavy atom. The first-order chi connectivity index (χ1) is 13.5. The quantitative estimate of drug-likeness (QED) is 0.612. The van der Waals surface area contributed by atoms with Crippen LogP contribution in [0.25, 0.3) is 11.8 Å². The number of rotatable bonds is 8. The standard InChI is InChI=1S/C20H20N4O3S/c25-20(23-18-6-8-19(9-7-18)24-14-13-21-16-24)10-12-22-28(26,27)15-11-17-4-2-1-3-5-17/h1-9,11,13-16,22H,10,12H2,(H,23,25)/b15-11+. The van der Waals surface area contributed by atoms with Crippen LogP contribution in [0.2, 0.25) is 0 Å². The van der Waals surface area contributed by atoms with Crippen molar-refractivity contribution in [3.05, 3.63) is 84.3 Å². The molecule has 0 aliphatic heterocycles. The zero-order valence-corrected chi connectivity index (χ0v) is 15.8. The summed E-state index contributed by atoms with van der Waals surface area (Å²) >= 11 is 0. The van der Waals surface area contributed by atoms with Gasteiger partial charge in [-0.05, 0) is 35.9 Å². The number of nitrogens with one attached hydrogen (secondary N) is 2. The summed E-state index contributed by atoms with van der Waals surface area (Å²) in [5.41, 5.74) is 2.35. The molecule has 0 fully saturated rings. The van der Waals surface area contributed by atoms with Crippen LogP contribution in [0, 0.1) is 0 Å². The van der Waals surface area contributed by atoms with E-state index in [2.05, 4.69) is 15.0 Å². The number of carbonyl (C=O) groups excluding carboxylic acids is 1. The average molecular weight is 396 g/mol. The fourth-order valence-corrected chi connectivity index (χ4v) is 3.26. The Morgan fingerprint density at radius 3 is 2.50 bits per heavy atom. The van der Waals surface area contributed by atoms with Gasteiger partial charge in [0.2, 0.25) is 15.9 Å². The zero-order valence-electron chi connectivity index (χ0n) is 15.0. The Bertz CT molecular complexity index is 1030. The van der Waals surface area contributed by atoms with E-state index in [4.69, 9.17) is 0 Å². The highest BCUT2D eigenvalue weighted by Gasteiger charge is 2.08. The first-order valence-electron chi connectivity index (χ1n) is 8.63. The minimum Gasteiger partial charge on any atom is -0.326 e. The SMILES string of the molecule is O=C(CCNS(=O)(=O)/C=C/c1ccccc1)Nc1ccc(-n2ccnc2)cc1. The second kappa shape index (κ2) is 9.12. The third-order valence-electron chi connectivity index (χ3n) is 3.85. The van der Waals surface area contributed by atoms with Gasteiger partial charge in [0.1, 0.15) is 0 Å². The third-order valence-corrected chi connectivity index (χ3v) is 4.95. The monoisotopic (exact) mass is 396 g/mol. The predicted octanol–water partition coefficient (Wildman–Crippen LogP) is 2.79. The zero-order chi connectivity index (χ0) is 19.8. The molecule has 1 aromatic heterocycles. The lowest BCUT2D eigenvalue weighted by atomic mass is 10.2. The molecule has 144 valence electrons. The normalized spacial score (nSPS) is 11.6. The first-order valence-corrected chi connectivity index (χ1v) is 10.2. The molecular weight excluding hydrogens is 376 g/mol. The van der Waals surface area contributed by atoms with Crippen LogP contribution >= 0.6 is 0 Å². The molecule has 3 aromatic rings. The second-order valence-electron chi connectivity index (χ2n) is 5.97. The van der Waals surface area contributed by atoms with Gasteiger partial charge in [0.25, 0.3) is 0 Å². The third kappa shape index (κ3) is 5.90. The molecule has 2 N–H and O–H groups in total. The van der Waals surface area contributed by atoms with Gasteiger partial charge in [-0.2, -0.15) is 0 Å². The van der Waals surface area contributed by atoms with E-state index in [0.29, 0.717) is 5.69 Å². The molecular formula is C20H20N4O3S. The summed E-state index contributed by atoms with van der Waals surface area (Å²) in [5, 5.41) is 3.83. The van der Waals surface area contributed by atoms with Crippen LogP contribution in [-0.2, 0) is 14.8 Å². The number of amides is 1. The lowest BCUT2D eigenvalue weighted by Crippen LogP contribution is -2.26. The number of hydrogen-bond acceptors (Lipinski definition) is 4. The Morgan fingerprint density at radius 2 is 1.82 bits per heavy atom. The van der Waals surface area contributed by atoms with Gasteiger partial charge in [0.15, 0.2) is 0 Å². The maximum atomic E-state index is 12.0. The van der Waals surface area contributed by atoms with E-state index in [1.165, 1.54) is 6.08 Å². The van der Waals surface area contributed by atoms with Crippen molar-refractivity contribution < 1.29 is 13.2 Å². The van der Waals surface area contributed by atoms with E-state index in [-0.39, 0.29) is 18.9 Å². The molecule has 28 heavy (non-hydrogen) atoms. The molecule has 0 atom stereocenters. The minimum absolute atomic E-state index is 0.0143. The van der Waals surface area contributed by atoms with Crippen molar-refractivity contribution in [3.63, 3.8) is 0 Å². The fraction of sp³-hybridized carbons (Fsp3) is 0.100. The van der Waals surface area contributed by atoms with Gasteiger partial charge in [-0.15, -0.1) is 0 Å². The van der Waals surface area contributed by atoms with Gasteiger partial charge in [-0.25, -0.2) is 18.1 Å². The Balaban J connectivity index is 1.45. The van der Waals surface area contributed by atoms with Crippen molar-refractivity contribution in [2.75, 3.05) is 11.9 Å². The number of benzene rings is 2. The molecule has 0 unspecified atom stereocenters. The molecule has 0 saturated heterocycles. The molecule has 0 spiro atoms. The van der Waals surface area contributed by atoms with Crippen molar-refractivity contribution in [1.82, 2.24) is 14.3 Å². The molecule has 2 aromatic carbocycles. The number of aromatic nitrogens is 2. The molecule has 8 heteroatoms. The number of imidazole rings is 1. The minimum atomic E-state index is -3.60. The Labute approximate surface area is 163 Å². The molecule has 7 nitrogen and oxygen atoms in total. The van der Waals surface area contributed by atoms with Crippen LogP contribution in [0.5, 0.6) is 0 Å². The number of hydrogen-bond donors (Lipinski definition) is 2. The maximum Gasteiger partial charge on any atom is 0.233 e. The lowest BCUT2D eigenvalue weighted by molar-refractivity contribution is -0.116. The Hall–Kier alpha value is -3.23. The summed E-state index contributed by atoms with van der Waals surface area (Å²) in [4.78, 5) is 16.0. The van der Waals surface area contributed by atoms with E-state index in [1.54, 1.807) is 36.8 Å². The van der Waals surface area contributed by atoms with Crippen molar-refractivity contribution >= 4 is 27.7 Å². The van der Waals surface area contributed by atoms with E-state index in [9.17, 15) is 13.2 Å². The van der Waals surface area contributed by atoms with E-state index < -0.39 is 10.0 Å². The predicted molar refractivity (Wildman–Crippen MR) is 109 cm³/mol. The number of nitrogens with zero attached hydrogens (tertiary/aromatic N) is 2. The van der Waals surface area contributed by atoms with Gasteiger partial charge in [0, 0.05) is 42.1 Å². The smallest absolute Gasteiger partial charge is 0.233 e. The number of anilines is 1. The molecule has 0 saturated carbocycles. The molecule has 1 amide bonds. The second-order valence-corrected chi connectivity index (χ2v) is 7.62. The van der Waals surface area contributed by atoms with Crippen LogP contribution in [-0.4, -0.2) is 30.4 Å². The van der Waals surface area contributed by atoms with Gasteiger partial charge < -0.3 is 9.88 Å². The van der Waals surface area contributed by atoms with E-state index in [1.807, 2.05) is 41.1 Å². The average Bonchev–Trinajstić information content (AvgIpc) is 3.23. The number of sulfonamides is 1. The molecule has 3 rings (SSSR count). The Kier molecular flexibility index (Phi) is 6.36. The van der Waals surface area contributed by atoms with Crippen molar-refractivity contribution in [1.29, 1.82) is 0 Å². The molecule has 0 bridgehead atoms.